The second-order valence-corrected chi connectivity index (χ2v) is 8.32. The summed E-state index contributed by atoms with van der Waals surface area (Å²) in [6.07, 6.45) is 4.10. The number of amides is 1. The third-order valence-corrected chi connectivity index (χ3v) is 6.30. The first-order valence-corrected chi connectivity index (χ1v) is 11.0. The summed E-state index contributed by atoms with van der Waals surface area (Å²) >= 11 is 0. The molecule has 3 heterocycles. The predicted octanol–water partition coefficient (Wildman–Crippen LogP) is 3.65. The normalized spacial score (nSPS) is 17.1. The van der Waals surface area contributed by atoms with E-state index in [1.807, 2.05) is 18.2 Å². The molecule has 3 aromatic rings. The molecule has 0 atom stereocenters. The van der Waals surface area contributed by atoms with E-state index in [2.05, 4.69) is 27.0 Å². The van der Waals surface area contributed by atoms with Crippen LogP contribution < -0.4 is 5.32 Å². The van der Waals surface area contributed by atoms with Crippen molar-refractivity contribution in [3.63, 3.8) is 0 Å². The first-order chi connectivity index (χ1) is 15.1. The van der Waals surface area contributed by atoms with Gasteiger partial charge in [-0.25, -0.2) is 0 Å². The number of nitrogens with one attached hydrogen (secondary N) is 1. The van der Waals surface area contributed by atoms with Gasteiger partial charge in [-0.3, -0.25) is 14.5 Å². The lowest BCUT2D eigenvalue weighted by molar-refractivity contribution is 0.0365. The molecular weight excluding hydrogens is 394 g/mol. The first-order valence-electron chi connectivity index (χ1n) is 11.0. The van der Waals surface area contributed by atoms with E-state index < -0.39 is 0 Å². The molecule has 7 nitrogen and oxygen atoms in total. The zero-order chi connectivity index (χ0) is 21.4. The number of aromatic nitrogens is 1. The Morgan fingerprint density at radius 1 is 1.13 bits per heavy atom. The van der Waals surface area contributed by atoms with Crippen molar-refractivity contribution >= 4 is 28.3 Å². The predicted molar refractivity (Wildman–Crippen MR) is 118 cm³/mol. The minimum Gasteiger partial charge on any atom is -0.455 e. The van der Waals surface area contributed by atoms with Gasteiger partial charge in [0.15, 0.2) is 11.5 Å². The van der Waals surface area contributed by atoms with E-state index in [9.17, 15) is 9.59 Å². The van der Waals surface area contributed by atoms with Crippen LogP contribution in [0.2, 0.25) is 0 Å². The molecule has 2 aromatic heterocycles. The van der Waals surface area contributed by atoms with Crippen LogP contribution in [-0.2, 0) is 17.7 Å². The van der Waals surface area contributed by atoms with Crippen molar-refractivity contribution in [3.05, 3.63) is 53.1 Å². The Morgan fingerprint density at radius 3 is 2.77 bits per heavy atom. The lowest BCUT2D eigenvalue weighted by Crippen LogP contribution is -2.38. The zero-order valence-electron chi connectivity index (χ0n) is 17.8. The molecule has 31 heavy (non-hydrogen) atoms. The van der Waals surface area contributed by atoms with E-state index in [0.717, 1.165) is 56.7 Å². The molecule has 1 amide bonds. The fourth-order valence-corrected chi connectivity index (χ4v) is 4.60. The van der Waals surface area contributed by atoms with Gasteiger partial charge in [-0.15, -0.1) is 0 Å². The van der Waals surface area contributed by atoms with Crippen LogP contribution in [0.15, 0.2) is 34.9 Å². The monoisotopic (exact) mass is 421 g/mol. The molecule has 0 bridgehead atoms. The Kier molecular flexibility index (Phi) is 5.38. The second-order valence-electron chi connectivity index (χ2n) is 8.32. The first kappa shape index (κ1) is 20.0. The van der Waals surface area contributed by atoms with E-state index in [1.165, 1.54) is 0 Å². The van der Waals surface area contributed by atoms with Crippen LogP contribution in [0.4, 0.5) is 5.69 Å². The van der Waals surface area contributed by atoms with Gasteiger partial charge in [0.25, 0.3) is 5.91 Å². The highest BCUT2D eigenvalue weighted by Gasteiger charge is 2.28. The lowest BCUT2D eigenvalue weighted by Gasteiger charge is -2.26. The van der Waals surface area contributed by atoms with E-state index in [4.69, 9.17) is 9.15 Å². The molecule has 0 radical (unpaired) electrons. The molecule has 1 N–H and O–H groups in total. The van der Waals surface area contributed by atoms with Gasteiger partial charge in [-0.1, -0.05) is 0 Å². The summed E-state index contributed by atoms with van der Waals surface area (Å²) in [6.45, 7) is 7.28. The van der Waals surface area contributed by atoms with Crippen LogP contribution in [0.1, 0.15) is 45.1 Å². The fourth-order valence-electron chi connectivity index (χ4n) is 4.60. The molecule has 1 aromatic carbocycles. The highest BCUT2D eigenvalue weighted by molar-refractivity contribution is 6.08. The molecule has 1 aliphatic carbocycles. The zero-order valence-corrected chi connectivity index (χ0v) is 17.8. The van der Waals surface area contributed by atoms with E-state index in [1.54, 1.807) is 6.92 Å². The summed E-state index contributed by atoms with van der Waals surface area (Å²) in [7, 11) is 0. The number of Topliss-reactive ketones (excluding diaryl/α,β-unsaturated/α-hetero) is 1. The molecule has 2 aliphatic rings. The number of ketones is 1. The van der Waals surface area contributed by atoms with Crippen LogP contribution >= 0.6 is 0 Å². The van der Waals surface area contributed by atoms with Crippen LogP contribution in [0.3, 0.4) is 0 Å². The number of carbonyl (C=O) groups excluding carboxylic acids is 2. The number of carbonyl (C=O) groups is 2. The number of nitrogens with zero attached hydrogens (tertiary/aromatic N) is 2. The van der Waals surface area contributed by atoms with Crippen molar-refractivity contribution in [2.24, 2.45) is 0 Å². The van der Waals surface area contributed by atoms with Gasteiger partial charge in [0.2, 0.25) is 0 Å². The topological polar surface area (TPSA) is 76.7 Å². The molecule has 0 saturated carbocycles. The van der Waals surface area contributed by atoms with Gasteiger partial charge in [-0.05, 0) is 37.6 Å². The van der Waals surface area contributed by atoms with Gasteiger partial charge in [0.05, 0.1) is 18.8 Å². The van der Waals surface area contributed by atoms with E-state index >= 15 is 0 Å². The third-order valence-electron chi connectivity index (χ3n) is 6.30. The summed E-state index contributed by atoms with van der Waals surface area (Å²) in [5, 5.41) is 4.01. The quantitative estimate of drug-likeness (QED) is 0.681. The average Bonchev–Trinajstić information content (AvgIpc) is 3.34. The fraction of sp³-hybridized carbons (Fsp3) is 0.417. The molecule has 1 fully saturated rings. The highest BCUT2D eigenvalue weighted by atomic mass is 16.5. The summed E-state index contributed by atoms with van der Waals surface area (Å²) < 4.78 is 13.4. The van der Waals surface area contributed by atoms with Gasteiger partial charge >= 0.3 is 0 Å². The average molecular weight is 421 g/mol. The van der Waals surface area contributed by atoms with Crippen LogP contribution in [0.5, 0.6) is 0 Å². The Labute approximate surface area is 180 Å². The Bertz CT molecular complexity index is 1140. The summed E-state index contributed by atoms with van der Waals surface area (Å²) in [5.74, 6) is 0.641. The number of fused-ring (bicyclic) bond motifs is 2. The van der Waals surface area contributed by atoms with Crippen molar-refractivity contribution in [3.8, 4) is 0 Å². The lowest BCUT2D eigenvalue weighted by atomic mass is 9.94. The molecule has 162 valence electrons. The number of hydrogen-bond donors (Lipinski definition) is 1. The smallest absolute Gasteiger partial charge is 0.291 e. The molecular formula is C24H27N3O4. The van der Waals surface area contributed by atoms with Crippen molar-refractivity contribution in [2.45, 2.75) is 32.7 Å². The standard InChI is InChI=1S/C24H27N3O4/c1-16-22-20(28)3-2-4-21(22)31-23(16)24(29)25-18-5-6-19-17(15-18)7-8-27(19)10-9-26-11-13-30-14-12-26/h5-8,15H,2-4,9-14H2,1H3,(H,25,29). The Balaban J connectivity index is 1.30. The Hall–Kier alpha value is -2.90. The highest BCUT2D eigenvalue weighted by Crippen LogP contribution is 2.30. The molecule has 1 saturated heterocycles. The van der Waals surface area contributed by atoms with Gasteiger partial charge in [0.1, 0.15) is 5.76 Å². The number of benzene rings is 1. The largest absolute Gasteiger partial charge is 0.455 e. The Morgan fingerprint density at radius 2 is 1.97 bits per heavy atom. The van der Waals surface area contributed by atoms with Crippen molar-refractivity contribution in [1.29, 1.82) is 0 Å². The summed E-state index contributed by atoms with van der Waals surface area (Å²) in [4.78, 5) is 27.5. The maximum Gasteiger partial charge on any atom is 0.291 e. The molecule has 0 spiro atoms. The number of furan rings is 1. The number of rotatable bonds is 5. The van der Waals surface area contributed by atoms with Crippen LogP contribution in [-0.4, -0.2) is 54.0 Å². The number of ether oxygens (including phenoxy) is 1. The number of hydrogen-bond acceptors (Lipinski definition) is 5. The van der Waals surface area contributed by atoms with Gasteiger partial charge in [-0.2, -0.15) is 0 Å². The minimum atomic E-state index is -0.314. The number of aryl methyl sites for hydroxylation is 1. The molecule has 1 aliphatic heterocycles. The second kappa shape index (κ2) is 8.32. The molecule has 0 unspecified atom stereocenters. The number of anilines is 1. The molecule has 5 rings (SSSR count). The van der Waals surface area contributed by atoms with Crippen molar-refractivity contribution < 1.29 is 18.7 Å². The summed E-state index contributed by atoms with van der Waals surface area (Å²) in [6, 6.07) is 7.99. The molecule has 7 heteroatoms. The SMILES string of the molecule is Cc1c(C(=O)Nc2ccc3c(ccn3CCN3CCOCC3)c2)oc2c1C(=O)CCC2. The van der Waals surface area contributed by atoms with Gasteiger partial charge in [0, 0.05) is 67.4 Å². The van der Waals surface area contributed by atoms with Crippen molar-refractivity contribution in [1.82, 2.24) is 9.47 Å². The maximum absolute atomic E-state index is 12.8. The van der Waals surface area contributed by atoms with Crippen molar-refractivity contribution in [2.75, 3.05) is 38.2 Å². The van der Waals surface area contributed by atoms with E-state index in [-0.39, 0.29) is 17.5 Å². The van der Waals surface area contributed by atoms with Gasteiger partial charge < -0.3 is 19.0 Å². The minimum absolute atomic E-state index is 0.0707. The third kappa shape index (κ3) is 3.91. The van der Waals surface area contributed by atoms with E-state index in [0.29, 0.717) is 35.4 Å². The number of morpholine rings is 1. The van der Waals surface area contributed by atoms with Crippen LogP contribution in [0, 0.1) is 6.92 Å². The van der Waals surface area contributed by atoms with Crippen LogP contribution in [0.25, 0.3) is 10.9 Å². The maximum atomic E-state index is 12.8. The summed E-state index contributed by atoms with van der Waals surface area (Å²) in [5.41, 5.74) is 3.10.